The quantitative estimate of drug-likeness (QED) is 0.629. The SMILES string of the molecule is C=C/C(=C\C=C/C)c1cccc(CC)c1. The van der Waals surface area contributed by atoms with Crippen LogP contribution >= 0.6 is 0 Å². The fourth-order valence-corrected chi connectivity index (χ4v) is 1.45. The molecule has 1 aromatic rings. The normalized spacial score (nSPS) is 12.0. The first-order valence-electron chi connectivity index (χ1n) is 5.36. The van der Waals surface area contributed by atoms with E-state index in [0.29, 0.717) is 0 Å². The monoisotopic (exact) mass is 198 g/mol. The molecule has 0 heteroatoms. The summed E-state index contributed by atoms with van der Waals surface area (Å²) in [6, 6.07) is 8.59. The van der Waals surface area contributed by atoms with Crippen LogP contribution in [0.1, 0.15) is 25.0 Å². The Morgan fingerprint density at radius 1 is 1.40 bits per heavy atom. The van der Waals surface area contributed by atoms with E-state index in [4.69, 9.17) is 0 Å². The van der Waals surface area contributed by atoms with Crippen LogP contribution in [0.4, 0.5) is 0 Å². The zero-order valence-electron chi connectivity index (χ0n) is 9.53. The Morgan fingerprint density at radius 2 is 2.20 bits per heavy atom. The van der Waals surface area contributed by atoms with Crippen LogP contribution in [-0.4, -0.2) is 0 Å². The Hall–Kier alpha value is -1.56. The smallest absolute Gasteiger partial charge is 0.0182 e. The molecule has 1 aromatic carbocycles. The van der Waals surface area contributed by atoms with E-state index in [-0.39, 0.29) is 0 Å². The van der Waals surface area contributed by atoms with Gasteiger partial charge in [0.05, 0.1) is 0 Å². The topological polar surface area (TPSA) is 0 Å². The number of aryl methyl sites for hydroxylation is 1. The lowest BCUT2D eigenvalue weighted by Crippen LogP contribution is -1.84. The Balaban J connectivity index is 3.06. The summed E-state index contributed by atoms with van der Waals surface area (Å²) in [6.45, 7) is 8.03. The molecule has 0 unspecified atom stereocenters. The molecule has 0 aliphatic rings. The van der Waals surface area contributed by atoms with Gasteiger partial charge in [-0.05, 0) is 30.0 Å². The number of allylic oxidation sites excluding steroid dienone is 5. The minimum Gasteiger partial charge on any atom is -0.0984 e. The van der Waals surface area contributed by atoms with E-state index in [0.717, 1.165) is 6.42 Å². The summed E-state index contributed by atoms with van der Waals surface area (Å²) in [5.41, 5.74) is 3.77. The molecule has 0 bridgehead atoms. The van der Waals surface area contributed by atoms with E-state index in [1.807, 2.05) is 25.2 Å². The maximum Gasteiger partial charge on any atom is -0.0182 e. The van der Waals surface area contributed by atoms with Crippen molar-refractivity contribution in [2.45, 2.75) is 20.3 Å². The van der Waals surface area contributed by atoms with Crippen molar-refractivity contribution in [3.05, 3.63) is 66.3 Å². The van der Waals surface area contributed by atoms with E-state index in [1.54, 1.807) is 0 Å². The first-order chi connectivity index (χ1) is 7.31. The molecule has 78 valence electrons. The van der Waals surface area contributed by atoms with E-state index >= 15 is 0 Å². The van der Waals surface area contributed by atoms with Crippen molar-refractivity contribution >= 4 is 5.57 Å². The van der Waals surface area contributed by atoms with Gasteiger partial charge in [-0.15, -0.1) is 0 Å². The highest BCUT2D eigenvalue weighted by Gasteiger charge is 1.97. The molecule has 0 atom stereocenters. The average molecular weight is 198 g/mol. The van der Waals surface area contributed by atoms with Crippen LogP contribution in [0.3, 0.4) is 0 Å². The van der Waals surface area contributed by atoms with Gasteiger partial charge in [0, 0.05) is 0 Å². The maximum absolute atomic E-state index is 3.84. The number of hydrogen-bond acceptors (Lipinski definition) is 0. The average Bonchev–Trinajstić information content (AvgIpc) is 2.30. The number of hydrogen-bond donors (Lipinski definition) is 0. The first kappa shape index (κ1) is 11.5. The van der Waals surface area contributed by atoms with Crippen molar-refractivity contribution in [1.82, 2.24) is 0 Å². The van der Waals surface area contributed by atoms with Crippen LogP contribution in [0, 0.1) is 0 Å². The Kier molecular flexibility index (Phi) is 4.62. The minimum atomic E-state index is 1.07. The van der Waals surface area contributed by atoms with Gasteiger partial charge in [0.15, 0.2) is 0 Å². The second kappa shape index (κ2) is 6.02. The van der Waals surface area contributed by atoms with Crippen molar-refractivity contribution < 1.29 is 0 Å². The third kappa shape index (κ3) is 3.25. The summed E-state index contributed by atoms with van der Waals surface area (Å²) >= 11 is 0. The lowest BCUT2D eigenvalue weighted by atomic mass is 10.0. The van der Waals surface area contributed by atoms with Gasteiger partial charge in [-0.1, -0.05) is 62.1 Å². The minimum absolute atomic E-state index is 1.07. The van der Waals surface area contributed by atoms with Crippen molar-refractivity contribution in [2.75, 3.05) is 0 Å². The summed E-state index contributed by atoms with van der Waals surface area (Å²) in [6.07, 6.45) is 9.11. The van der Waals surface area contributed by atoms with E-state index in [1.165, 1.54) is 16.7 Å². The third-order valence-electron chi connectivity index (χ3n) is 2.36. The molecule has 0 saturated heterocycles. The van der Waals surface area contributed by atoms with Crippen LogP contribution in [0.2, 0.25) is 0 Å². The van der Waals surface area contributed by atoms with Crippen LogP contribution in [0.5, 0.6) is 0 Å². The Morgan fingerprint density at radius 3 is 2.80 bits per heavy atom. The molecule has 0 aliphatic heterocycles. The Labute approximate surface area is 92.6 Å². The summed E-state index contributed by atoms with van der Waals surface area (Å²) in [7, 11) is 0. The van der Waals surface area contributed by atoms with Crippen LogP contribution in [-0.2, 0) is 6.42 Å². The molecule has 0 saturated carbocycles. The van der Waals surface area contributed by atoms with Crippen molar-refractivity contribution in [2.24, 2.45) is 0 Å². The fourth-order valence-electron chi connectivity index (χ4n) is 1.45. The van der Waals surface area contributed by atoms with E-state index in [2.05, 4.69) is 43.8 Å². The molecule has 15 heavy (non-hydrogen) atoms. The van der Waals surface area contributed by atoms with Gasteiger partial charge in [0.25, 0.3) is 0 Å². The van der Waals surface area contributed by atoms with Crippen molar-refractivity contribution in [1.29, 1.82) is 0 Å². The molecule has 0 nitrogen and oxygen atoms in total. The number of rotatable bonds is 4. The van der Waals surface area contributed by atoms with Gasteiger partial charge < -0.3 is 0 Å². The van der Waals surface area contributed by atoms with Gasteiger partial charge in [-0.2, -0.15) is 0 Å². The molecular formula is C15H18. The molecule has 0 heterocycles. The molecule has 0 amide bonds. The fraction of sp³-hybridized carbons (Fsp3) is 0.200. The molecule has 0 radical (unpaired) electrons. The molecule has 0 fully saturated rings. The molecule has 1 rings (SSSR count). The van der Waals surface area contributed by atoms with E-state index in [9.17, 15) is 0 Å². The predicted octanol–water partition coefficient (Wildman–Crippen LogP) is 4.39. The van der Waals surface area contributed by atoms with Gasteiger partial charge in [-0.3, -0.25) is 0 Å². The Bertz CT molecular complexity index is 381. The highest BCUT2D eigenvalue weighted by atomic mass is 14.0. The zero-order valence-corrected chi connectivity index (χ0v) is 9.53. The number of benzene rings is 1. The molecule has 0 spiro atoms. The second-order valence-corrected chi connectivity index (χ2v) is 3.41. The van der Waals surface area contributed by atoms with Gasteiger partial charge >= 0.3 is 0 Å². The van der Waals surface area contributed by atoms with Crippen LogP contribution < -0.4 is 0 Å². The van der Waals surface area contributed by atoms with Crippen LogP contribution in [0.15, 0.2) is 55.1 Å². The van der Waals surface area contributed by atoms with Crippen molar-refractivity contribution in [3.8, 4) is 0 Å². The second-order valence-electron chi connectivity index (χ2n) is 3.41. The lowest BCUT2D eigenvalue weighted by Gasteiger charge is -2.03. The predicted molar refractivity (Wildman–Crippen MR) is 68.8 cm³/mol. The zero-order chi connectivity index (χ0) is 11.1. The summed E-state index contributed by atoms with van der Waals surface area (Å²) in [4.78, 5) is 0. The maximum atomic E-state index is 3.84. The van der Waals surface area contributed by atoms with Gasteiger partial charge in [0.1, 0.15) is 0 Å². The summed E-state index contributed by atoms with van der Waals surface area (Å²) in [5.74, 6) is 0. The largest absolute Gasteiger partial charge is 0.0984 e. The highest BCUT2D eigenvalue weighted by Crippen LogP contribution is 2.17. The molecule has 0 aromatic heterocycles. The molecular weight excluding hydrogens is 180 g/mol. The van der Waals surface area contributed by atoms with Crippen molar-refractivity contribution in [3.63, 3.8) is 0 Å². The van der Waals surface area contributed by atoms with Gasteiger partial charge in [-0.25, -0.2) is 0 Å². The lowest BCUT2D eigenvalue weighted by molar-refractivity contribution is 1.14. The van der Waals surface area contributed by atoms with E-state index < -0.39 is 0 Å². The summed E-state index contributed by atoms with van der Waals surface area (Å²) < 4.78 is 0. The highest BCUT2D eigenvalue weighted by molar-refractivity contribution is 5.74. The molecule has 0 aliphatic carbocycles. The molecule has 0 N–H and O–H groups in total. The van der Waals surface area contributed by atoms with Crippen LogP contribution in [0.25, 0.3) is 5.57 Å². The standard InChI is InChI=1S/C15H18/c1-4-7-10-14(6-3)15-11-8-9-13(5-2)12-15/h4,6-12H,3,5H2,1-2H3/b7-4-,14-10+. The van der Waals surface area contributed by atoms with Gasteiger partial charge in [0.2, 0.25) is 0 Å². The summed E-state index contributed by atoms with van der Waals surface area (Å²) in [5, 5.41) is 0. The third-order valence-corrected chi connectivity index (χ3v) is 2.36. The first-order valence-corrected chi connectivity index (χ1v) is 5.36.